The van der Waals surface area contributed by atoms with Crippen LogP contribution >= 0.6 is 12.4 Å². The number of amides is 1. The van der Waals surface area contributed by atoms with Crippen LogP contribution in [-0.4, -0.2) is 49.6 Å². The molecule has 0 aromatic carbocycles. The highest BCUT2D eigenvalue weighted by atomic mass is 35.5. The van der Waals surface area contributed by atoms with Crippen molar-refractivity contribution in [2.75, 3.05) is 32.7 Å². The monoisotopic (exact) mass is 289 g/mol. The fraction of sp³-hybridized carbons (Fsp3) is 0.929. The van der Waals surface area contributed by atoms with E-state index in [1.165, 1.54) is 12.8 Å². The van der Waals surface area contributed by atoms with Crippen LogP contribution in [0.15, 0.2) is 0 Å². The number of nitrogens with one attached hydrogen (secondary N) is 2. The molecule has 4 nitrogen and oxygen atoms in total. The van der Waals surface area contributed by atoms with Crippen molar-refractivity contribution >= 4 is 18.3 Å². The van der Waals surface area contributed by atoms with E-state index in [4.69, 9.17) is 0 Å². The highest BCUT2D eigenvalue weighted by Crippen LogP contribution is 2.36. The number of carbonyl (C=O) groups is 1. The molecular weight excluding hydrogens is 262 g/mol. The zero-order valence-electron chi connectivity index (χ0n) is 12.4. The topological polar surface area (TPSA) is 44.4 Å². The second-order valence-corrected chi connectivity index (χ2v) is 6.46. The van der Waals surface area contributed by atoms with E-state index in [2.05, 4.69) is 29.4 Å². The van der Waals surface area contributed by atoms with Crippen LogP contribution in [0, 0.1) is 11.3 Å². The van der Waals surface area contributed by atoms with Crippen molar-refractivity contribution in [1.29, 1.82) is 0 Å². The first-order valence-corrected chi connectivity index (χ1v) is 7.25. The van der Waals surface area contributed by atoms with Gasteiger partial charge in [0.25, 0.3) is 0 Å². The molecule has 0 radical (unpaired) electrons. The summed E-state index contributed by atoms with van der Waals surface area (Å²) in [6.07, 6.45) is 2.51. The third-order valence-electron chi connectivity index (χ3n) is 4.41. The fourth-order valence-electron chi connectivity index (χ4n) is 3.06. The second kappa shape index (κ2) is 6.91. The van der Waals surface area contributed by atoms with Gasteiger partial charge in [-0.1, -0.05) is 13.8 Å². The molecule has 2 heterocycles. The molecule has 0 aromatic rings. The molecule has 2 saturated heterocycles. The predicted octanol–water partition coefficient (Wildman–Crippen LogP) is 1.25. The Balaban J connectivity index is 0.00000180. The first-order valence-electron chi connectivity index (χ1n) is 7.25. The number of hydrogen-bond donors (Lipinski definition) is 2. The Morgan fingerprint density at radius 1 is 1.37 bits per heavy atom. The summed E-state index contributed by atoms with van der Waals surface area (Å²) in [5, 5.41) is 6.50. The minimum atomic E-state index is 0. The van der Waals surface area contributed by atoms with E-state index in [-0.39, 0.29) is 24.4 Å². The van der Waals surface area contributed by atoms with Gasteiger partial charge in [0.05, 0.1) is 6.04 Å². The van der Waals surface area contributed by atoms with Gasteiger partial charge in [-0.25, -0.2) is 0 Å². The van der Waals surface area contributed by atoms with Crippen LogP contribution < -0.4 is 10.6 Å². The van der Waals surface area contributed by atoms with Crippen LogP contribution in [-0.2, 0) is 4.79 Å². The Hall–Kier alpha value is -0.320. The van der Waals surface area contributed by atoms with E-state index < -0.39 is 0 Å². The van der Waals surface area contributed by atoms with Gasteiger partial charge in [-0.2, -0.15) is 0 Å². The summed E-state index contributed by atoms with van der Waals surface area (Å²) >= 11 is 0. The lowest BCUT2D eigenvalue weighted by Gasteiger charge is -2.27. The SMILES string of the molecule is CC(C)CNC(=O)C(C)N1CCC2(CCNC2)C1.Cl. The molecule has 5 heteroatoms. The first-order chi connectivity index (χ1) is 8.52. The minimum Gasteiger partial charge on any atom is -0.354 e. The standard InChI is InChI=1S/C14H27N3O.ClH/c1-11(2)8-16-13(18)12(3)17-7-5-14(10-17)4-6-15-9-14;/h11-12,15H,4-10H2,1-3H3,(H,16,18);1H. The average molecular weight is 290 g/mol. The zero-order chi connectivity index (χ0) is 13.2. The summed E-state index contributed by atoms with van der Waals surface area (Å²) < 4.78 is 0. The highest BCUT2D eigenvalue weighted by Gasteiger charge is 2.42. The van der Waals surface area contributed by atoms with Crippen molar-refractivity contribution < 1.29 is 4.79 Å². The van der Waals surface area contributed by atoms with E-state index in [0.717, 1.165) is 32.7 Å². The van der Waals surface area contributed by atoms with E-state index in [1.54, 1.807) is 0 Å². The van der Waals surface area contributed by atoms with Gasteiger partial charge in [-0.3, -0.25) is 9.69 Å². The third-order valence-corrected chi connectivity index (χ3v) is 4.41. The van der Waals surface area contributed by atoms with Gasteiger partial charge in [-0.15, -0.1) is 12.4 Å². The Kier molecular flexibility index (Phi) is 6.09. The van der Waals surface area contributed by atoms with Crippen LogP contribution in [0.5, 0.6) is 0 Å². The molecule has 2 unspecified atom stereocenters. The van der Waals surface area contributed by atoms with Crippen molar-refractivity contribution in [3.05, 3.63) is 0 Å². The lowest BCUT2D eigenvalue weighted by Crippen LogP contribution is -2.45. The Labute approximate surface area is 123 Å². The molecule has 0 aromatic heterocycles. The van der Waals surface area contributed by atoms with Gasteiger partial charge < -0.3 is 10.6 Å². The molecule has 2 rings (SSSR count). The Bertz CT molecular complexity index is 303. The van der Waals surface area contributed by atoms with Crippen molar-refractivity contribution in [1.82, 2.24) is 15.5 Å². The quantitative estimate of drug-likeness (QED) is 0.819. The lowest BCUT2D eigenvalue weighted by atomic mass is 9.86. The Morgan fingerprint density at radius 3 is 2.68 bits per heavy atom. The normalized spacial score (nSPS) is 28.6. The molecule has 1 amide bonds. The minimum absolute atomic E-state index is 0. The largest absolute Gasteiger partial charge is 0.354 e. The molecule has 1 spiro atoms. The van der Waals surface area contributed by atoms with Gasteiger partial charge in [0.2, 0.25) is 5.91 Å². The average Bonchev–Trinajstić information content (AvgIpc) is 2.96. The van der Waals surface area contributed by atoms with Crippen molar-refractivity contribution in [2.24, 2.45) is 11.3 Å². The summed E-state index contributed by atoms with van der Waals surface area (Å²) in [6, 6.07) is 0.0173. The number of halogens is 1. The van der Waals surface area contributed by atoms with Crippen molar-refractivity contribution in [3.63, 3.8) is 0 Å². The van der Waals surface area contributed by atoms with Crippen LogP contribution in [0.3, 0.4) is 0 Å². The summed E-state index contributed by atoms with van der Waals surface area (Å²) in [6.45, 7) is 11.5. The third kappa shape index (κ3) is 4.07. The smallest absolute Gasteiger partial charge is 0.237 e. The molecule has 2 aliphatic rings. The second-order valence-electron chi connectivity index (χ2n) is 6.46. The molecule has 2 fully saturated rings. The van der Waals surface area contributed by atoms with Crippen LogP contribution in [0.4, 0.5) is 0 Å². The number of nitrogens with zero attached hydrogens (tertiary/aromatic N) is 1. The van der Waals surface area contributed by atoms with Crippen molar-refractivity contribution in [2.45, 2.75) is 39.7 Å². The van der Waals surface area contributed by atoms with Crippen LogP contribution in [0.25, 0.3) is 0 Å². The zero-order valence-corrected chi connectivity index (χ0v) is 13.2. The van der Waals surface area contributed by atoms with Gasteiger partial charge in [-0.05, 0) is 44.2 Å². The molecule has 112 valence electrons. The number of likely N-dealkylation sites (tertiary alicyclic amines) is 1. The fourth-order valence-corrected chi connectivity index (χ4v) is 3.06. The molecule has 0 bridgehead atoms. The predicted molar refractivity (Wildman–Crippen MR) is 80.7 cm³/mol. The molecule has 2 aliphatic heterocycles. The maximum atomic E-state index is 12.1. The highest BCUT2D eigenvalue weighted by molar-refractivity contribution is 5.85. The maximum absolute atomic E-state index is 12.1. The van der Waals surface area contributed by atoms with Crippen LogP contribution in [0.2, 0.25) is 0 Å². The van der Waals surface area contributed by atoms with Crippen molar-refractivity contribution in [3.8, 4) is 0 Å². The number of hydrogen-bond acceptors (Lipinski definition) is 3. The molecule has 2 atom stereocenters. The molecule has 0 saturated carbocycles. The van der Waals surface area contributed by atoms with Gasteiger partial charge in [0, 0.05) is 19.6 Å². The van der Waals surface area contributed by atoms with Gasteiger partial charge in [0.15, 0.2) is 0 Å². The first kappa shape index (κ1) is 16.7. The number of carbonyl (C=O) groups excluding carboxylic acids is 1. The summed E-state index contributed by atoms with van der Waals surface area (Å²) in [7, 11) is 0. The summed E-state index contributed by atoms with van der Waals surface area (Å²) in [5.41, 5.74) is 0.451. The van der Waals surface area contributed by atoms with Gasteiger partial charge >= 0.3 is 0 Å². The van der Waals surface area contributed by atoms with E-state index >= 15 is 0 Å². The Morgan fingerprint density at radius 2 is 2.11 bits per heavy atom. The van der Waals surface area contributed by atoms with Crippen LogP contribution in [0.1, 0.15) is 33.6 Å². The van der Waals surface area contributed by atoms with E-state index in [0.29, 0.717) is 11.3 Å². The number of rotatable bonds is 4. The maximum Gasteiger partial charge on any atom is 0.237 e. The summed E-state index contributed by atoms with van der Waals surface area (Å²) in [5.74, 6) is 0.705. The van der Waals surface area contributed by atoms with E-state index in [9.17, 15) is 4.79 Å². The lowest BCUT2D eigenvalue weighted by molar-refractivity contribution is -0.125. The molecular formula is C14H28ClN3O. The van der Waals surface area contributed by atoms with E-state index in [1.807, 2.05) is 6.92 Å². The molecule has 0 aliphatic carbocycles. The summed E-state index contributed by atoms with van der Waals surface area (Å²) in [4.78, 5) is 14.4. The van der Waals surface area contributed by atoms with Gasteiger partial charge in [0.1, 0.15) is 0 Å². The molecule has 19 heavy (non-hydrogen) atoms. The molecule has 2 N–H and O–H groups in total.